The molecule has 1 N–H and O–H groups in total. The molecular weight excluding hydrogens is 724 g/mol. The van der Waals surface area contributed by atoms with Gasteiger partial charge in [0.05, 0.1) is 17.3 Å². The van der Waals surface area contributed by atoms with Gasteiger partial charge in [-0.05, 0) is 141 Å². The molecule has 1 aromatic heterocycles. The van der Waals surface area contributed by atoms with Gasteiger partial charge in [0.25, 0.3) is 0 Å². The molecule has 1 aromatic carbocycles. The first-order valence-corrected chi connectivity index (χ1v) is 21.8. The van der Waals surface area contributed by atoms with E-state index >= 15 is 0 Å². The second kappa shape index (κ2) is 13.0. The quantitative estimate of drug-likeness (QED) is 0.250. The molecule has 3 unspecified atom stereocenters. The summed E-state index contributed by atoms with van der Waals surface area (Å²) >= 11 is 6.22. The number of aliphatic carboxylic acids is 1. The Bertz CT molecular complexity index is 1970. The van der Waals surface area contributed by atoms with Crippen molar-refractivity contribution in [1.82, 2.24) is 10.2 Å². The molecule has 0 amide bonds. The summed E-state index contributed by atoms with van der Waals surface area (Å²) in [5, 5.41) is 19.7. The highest BCUT2D eigenvalue weighted by atomic mass is 35.5. The summed E-state index contributed by atoms with van der Waals surface area (Å²) in [6.45, 7) is 19.8. The van der Waals surface area contributed by atoms with Crippen molar-refractivity contribution < 1.29 is 28.6 Å². The minimum Gasteiger partial charge on any atom is -0.481 e. The van der Waals surface area contributed by atoms with Crippen LogP contribution in [0.25, 0.3) is 0 Å². The molecule has 0 spiro atoms. The Morgan fingerprint density at radius 2 is 1.61 bits per heavy atom. The number of benzene rings is 1. The highest BCUT2D eigenvalue weighted by molar-refractivity contribution is 6.30. The number of carboxylic acid groups (broad SMARTS) is 1. The molecule has 8 nitrogen and oxygen atoms in total. The molecule has 0 radical (unpaired) electrons. The first-order chi connectivity index (χ1) is 26.1. The third-order valence-corrected chi connectivity index (χ3v) is 17.7. The number of ketones is 1. The highest BCUT2D eigenvalue weighted by Crippen LogP contribution is 2.77. The van der Waals surface area contributed by atoms with E-state index in [0.29, 0.717) is 53.2 Å². The fourth-order valence-electron chi connectivity index (χ4n) is 14.1. The molecule has 5 saturated carbocycles. The minimum atomic E-state index is -1.16. The molecule has 56 heavy (non-hydrogen) atoms. The summed E-state index contributed by atoms with van der Waals surface area (Å²) < 4.78 is 12.8. The molecule has 0 saturated heterocycles. The molecule has 6 aliphatic rings. The first kappa shape index (κ1) is 39.8. The van der Waals surface area contributed by atoms with Gasteiger partial charge in [0.1, 0.15) is 6.10 Å². The fourth-order valence-corrected chi connectivity index (χ4v) is 14.2. The Morgan fingerprint density at radius 3 is 2.25 bits per heavy atom. The molecule has 304 valence electrons. The zero-order valence-electron chi connectivity index (χ0n) is 35.1. The van der Waals surface area contributed by atoms with Crippen molar-refractivity contribution in [1.29, 1.82) is 0 Å². The van der Waals surface area contributed by atoms with E-state index in [-0.39, 0.29) is 50.9 Å². The number of carbonyl (C=O) groups excluding carboxylic acids is 2. The van der Waals surface area contributed by atoms with E-state index in [1.54, 1.807) is 13.8 Å². The van der Waals surface area contributed by atoms with Gasteiger partial charge in [0.15, 0.2) is 5.78 Å². The maximum Gasteiger partial charge on any atom is 0.309 e. The van der Waals surface area contributed by atoms with Crippen molar-refractivity contribution in [3.05, 3.63) is 57.8 Å². The lowest BCUT2D eigenvalue weighted by Gasteiger charge is -2.72. The monoisotopic (exact) mass is 786 g/mol. The van der Waals surface area contributed by atoms with Crippen LogP contribution in [-0.4, -0.2) is 39.1 Å². The van der Waals surface area contributed by atoms with Gasteiger partial charge in [0, 0.05) is 28.7 Å². The SMILES string of the molecule is CC(C)C1=C2C3CC[C@@H]4C5(C)CC[C@H](OC(=O)CC(C)(C)C(=O)O)C(C)(C)[C@@H]5CC[C@@]4(C)[C@]3(C)CCC2(Cc2nnc(C3(c4ccc(Cl)cc4)CC3)o2)CC1=O. The fraction of sp³-hybridized carbons (Fsp3) is 0.723. The molecule has 2 aromatic rings. The zero-order valence-corrected chi connectivity index (χ0v) is 35.9. The average Bonchev–Trinajstić information content (AvgIpc) is 3.68. The lowest BCUT2D eigenvalue weighted by molar-refractivity contribution is -0.233. The molecular formula is C47H63ClN2O6. The number of hydrogen-bond acceptors (Lipinski definition) is 7. The van der Waals surface area contributed by atoms with Crippen molar-refractivity contribution >= 4 is 29.3 Å². The summed E-state index contributed by atoms with van der Waals surface area (Å²) in [7, 11) is 0. The molecule has 5 fully saturated rings. The van der Waals surface area contributed by atoms with Crippen LogP contribution in [0.3, 0.4) is 0 Å². The second-order valence-electron chi connectivity index (χ2n) is 21.4. The van der Waals surface area contributed by atoms with E-state index in [0.717, 1.165) is 75.3 Å². The Labute approximate surface area is 338 Å². The van der Waals surface area contributed by atoms with Gasteiger partial charge in [-0.2, -0.15) is 0 Å². The molecule has 0 aliphatic heterocycles. The number of rotatable bonds is 9. The first-order valence-electron chi connectivity index (χ1n) is 21.4. The normalized spacial score (nSPS) is 37.0. The number of nitrogens with zero attached hydrogens (tertiary/aromatic N) is 2. The van der Waals surface area contributed by atoms with E-state index in [4.69, 9.17) is 25.9 Å². The standard InChI is InChI=1S/C47H63ClN2O6/c1-27(2)37-31(51)24-46(25-35-49-50-39(56-35)47(22-23-47)28-10-12-29(48)13-11-28)21-20-44(8)30(38(37)46)14-15-33-43(7)18-17-34(55-36(52)26-41(3,4)40(53)54)42(5,6)32(43)16-19-45(33,44)9/h10-13,27,30,32-34H,14-26H2,1-9H3,(H,53,54)/t30?,32-,33+,34-,43?,44+,45+,46?/m0/s1. The zero-order chi connectivity index (χ0) is 40.4. The van der Waals surface area contributed by atoms with Crippen LogP contribution in [0.15, 0.2) is 39.8 Å². The Kier molecular flexibility index (Phi) is 9.24. The van der Waals surface area contributed by atoms with Gasteiger partial charge in [-0.15, -0.1) is 10.2 Å². The van der Waals surface area contributed by atoms with Crippen molar-refractivity contribution in [3.63, 3.8) is 0 Å². The molecule has 6 aliphatic carbocycles. The van der Waals surface area contributed by atoms with Crippen LogP contribution >= 0.6 is 11.6 Å². The van der Waals surface area contributed by atoms with Crippen molar-refractivity contribution in [3.8, 4) is 0 Å². The molecule has 1 heterocycles. The number of esters is 1. The maximum atomic E-state index is 14.2. The van der Waals surface area contributed by atoms with E-state index in [1.807, 2.05) is 12.1 Å². The smallest absolute Gasteiger partial charge is 0.309 e. The highest BCUT2D eigenvalue weighted by Gasteiger charge is 2.70. The molecule has 8 atom stereocenters. The van der Waals surface area contributed by atoms with Crippen LogP contribution in [0.1, 0.15) is 157 Å². The summed E-state index contributed by atoms with van der Waals surface area (Å²) in [5.41, 5.74) is 1.87. The van der Waals surface area contributed by atoms with Crippen LogP contribution in [0.2, 0.25) is 5.02 Å². The topological polar surface area (TPSA) is 120 Å². The van der Waals surface area contributed by atoms with Crippen LogP contribution in [0.4, 0.5) is 0 Å². The van der Waals surface area contributed by atoms with Gasteiger partial charge in [-0.1, -0.05) is 77.8 Å². The summed E-state index contributed by atoms with van der Waals surface area (Å²) in [6, 6.07) is 8.01. The van der Waals surface area contributed by atoms with Crippen LogP contribution in [0.5, 0.6) is 0 Å². The molecule has 0 bridgehead atoms. The third-order valence-electron chi connectivity index (χ3n) is 17.5. The number of halogens is 1. The lowest BCUT2D eigenvalue weighted by Crippen LogP contribution is -2.65. The van der Waals surface area contributed by atoms with Gasteiger partial charge in [-0.3, -0.25) is 14.4 Å². The van der Waals surface area contributed by atoms with E-state index < -0.39 is 17.4 Å². The maximum absolute atomic E-state index is 14.2. The van der Waals surface area contributed by atoms with Gasteiger partial charge in [0.2, 0.25) is 11.8 Å². The lowest BCUT2D eigenvalue weighted by atomic mass is 9.33. The number of aromatic nitrogens is 2. The summed E-state index contributed by atoms with van der Waals surface area (Å²) in [4.78, 5) is 39.2. The number of hydrogen-bond donors (Lipinski definition) is 1. The molecule has 8 rings (SSSR count). The number of fused-ring (bicyclic) bond motifs is 7. The van der Waals surface area contributed by atoms with Gasteiger partial charge >= 0.3 is 11.9 Å². The minimum absolute atomic E-state index is 0.0238. The Morgan fingerprint density at radius 1 is 0.911 bits per heavy atom. The number of carbonyl (C=O) groups is 3. The third kappa shape index (κ3) is 5.74. The van der Waals surface area contributed by atoms with Gasteiger partial charge < -0.3 is 14.3 Å². The average molecular weight is 787 g/mol. The number of Topliss-reactive ketones (excluding diaryl/α,β-unsaturated/α-hetero) is 1. The largest absolute Gasteiger partial charge is 0.481 e. The van der Waals surface area contributed by atoms with Crippen LogP contribution in [-0.2, 0) is 31.0 Å². The van der Waals surface area contributed by atoms with Crippen LogP contribution < -0.4 is 0 Å². The van der Waals surface area contributed by atoms with Crippen molar-refractivity contribution in [2.24, 2.45) is 56.2 Å². The van der Waals surface area contributed by atoms with Gasteiger partial charge in [-0.25, -0.2) is 0 Å². The van der Waals surface area contributed by atoms with E-state index in [1.165, 1.54) is 5.57 Å². The van der Waals surface area contributed by atoms with Crippen LogP contribution in [0, 0.1) is 56.2 Å². The molecule has 9 heteroatoms. The van der Waals surface area contributed by atoms with Crippen molar-refractivity contribution in [2.45, 2.75) is 157 Å². The predicted molar refractivity (Wildman–Crippen MR) is 215 cm³/mol. The predicted octanol–water partition coefficient (Wildman–Crippen LogP) is 10.7. The Hall–Kier alpha value is -3.00. The van der Waals surface area contributed by atoms with E-state index in [9.17, 15) is 19.5 Å². The van der Waals surface area contributed by atoms with Crippen molar-refractivity contribution in [2.75, 3.05) is 0 Å². The number of allylic oxidation sites excluding steroid dienone is 2. The second-order valence-corrected chi connectivity index (χ2v) is 21.9. The number of carboxylic acids is 1. The summed E-state index contributed by atoms with van der Waals surface area (Å²) in [6.07, 6.45) is 10.8. The summed E-state index contributed by atoms with van der Waals surface area (Å²) in [5.74, 6) is 1.59. The Balaban J connectivity index is 1.07. The van der Waals surface area contributed by atoms with E-state index in [2.05, 4.69) is 65.7 Å². The number of ether oxygens (including phenoxy) is 1.